The predicted molar refractivity (Wildman–Crippen MR) is 106 cm³/mol. The van der Waals surface area contributed by atoms with E-state index in [0.717, 1.165) is 42.0 Å². The largest absolute Gasteiger partial charge is 0.340 e. The van der Waals surface area contributed by atoms with Crippen LogP contribution in [-0.2, 0) is 11.2 Å². The summed E-state index contributed by atoms with van der Waals surface area (Å²) < 4.78 is 0. The molecule has 3 aromatic rings. The van der Waals surface area contributed by atoms with Gasteiger partial charge in [0, 0.05) is 35.2 Å². The van der Waals surface area contributed by atoms with Crippen LogP contribution >= 0.6 is 0 Å². The summed E-state index contributed by atoms with van der Waals surface area (Å²) in [6.07, 6.45) is 4.51. The van der Waals surface area contributed by atoms with Crippen LogP contribution in [0.1, 0.15) is 25.5 Å². The van der Waals surface area contributed by atoms with E-state index in [1.165, 1.54) is 0 Å². The van der Waals surface area contributed by atoms with Gasteiger partial charge in [0.05, 0.1) is 0 Å². The molecule has 0 bridgehead atoms. The second-order valence-electron chi connectivity index (χ2n) is 6.61. The molecule has 6 nitrogen and oxygen atoms in total. The molecule has 0 saturated heterocycles. The number of hydrogen-bond donors (Lipinski definition) is 2. The zero-order valence-electron chi connectivity index (χ0n) is 15.1. The number of amides is 1. The molecule has 136 valence electrons. The molecule has 2 N–H and O–H groups in total. The highest BCUT2D eigenvalue weighted by atomic mass is 16.2. The number of aryl methyl sites for hydroxylation is 1. The Kier molecular flexibility index (Phi) is 4.78. The van der Waals surface area contributed by atoms with Gasteiger partial charge in [0.1, 0.15) is 11.5 Å². The fraction of sp³-hybridized carbons (Fsp3) is 0.238. The molecule has 0 unspecified atom stereocenters. The zero-order chi connectivity index (χ0) is 18.6. The molecule has 2 heterocycles. The highest BCUT2D eigenvalue weighted by Crippen LogP contribution is 2.30. The van der Waals surface area contributed by atoms with Crippen molar-refractivity contribution in [2.75, 3.05) is 10.6 Å². The van der Waals surface area contributed by atoms with E-state index < -0.39 is 0 Å². The van der Waals surface area contributed by atoms with Gasteiger partial charge in [0.15, 0.2) is 5.82 Å². The molecule has 0 radical (unpaired) electrons. The lowest BCUT2D eigenvalue weighted by atomic mass is 10.2. The fourth-order valence-electron chi connectivity index (χ4n) is 2.76. The maximum atomic E-state index is 12.0. The van der Waals surface area contributed by atoms with E-state index in [0.29, 0.717) is 11.6 Å². The molecule has 1 aliphatic carbocycles. The van der Waals surface area contributed by atoms with E-state index in [2.05, 4.69) is 32.5 Å². The topological polar surface area (TPSA) is 79.8 Å². The van der Waals surface area contributed by atoms with Crippen LogP contribution in [-0.4, -0.2) is 20.9 Å². The van der Waals surface area contributed by atoms with Gasteiger partial charge in [-0.25, -0.2) is 9.97 Å². The summed E-state index contributed by atoms with van der Waals surface area (Å²) in [7, 11) is 0. The Morgan fingerprint density at radius 2 is 1.93 bits per heavy atom. The second kappa shape index (κ2) is 7.53. The van der Waals surface area contributed by atoms with Gasteiger partial charge in [-0.2, -0.15) is 0 Å². The number of hydrogen-bond acceptors (Lipinski definition) is 5. The summed E-state index contributed by atoms with van der Waals surface area (Å²) in [6, 6.07) is 15.3. The second-order valence-corrected chi connectivity index (χ2v) is 6.61. The van der Waals surface area contributed by atoms with Crippen molar-refractivity contribution in [1.29, 1.82) is 0 Å². The molecule has 0 spiro atoms. The highest BCUT2D eigenvalue weighted by Gasteiger charge is 2.29. The molecule has 1 aliphatic rings. The number of carbonyl (C=O) groups is 1. The molecule has 4 rings (SSSR count). The van der Waals surface area contributed by atoms with Gasteiger partial charge in [-0.15, -0.1) is 0 Å². The summed E-state index contributed by atoms with van der Waals surface area (Å²) in [5, 5.41) is 6.29. The highest BCUT2D eigenvalue weighted by molar-refractivity contribution is 5.94. The third-order valence-electron chi connectivity index (χ3n) is 4.39. The average molecular weight is 359 g/mol. The van der Waals surface area contributed by atoms with Crippen molar-refractivity contribution in [3.63, 3.8) is 0 Å². The third-order valence-corrected chi connectivity index (χ3v) is 4.39. The van der Waals surface area contributed by atoms with Crippen molar-refractivity contribution < 1.29 is 4.79 Å². The Morgan fingerprint density at radius 3 is 2.67 bits per heavy atom. The van der Waals surface area contributed by atoms with E-state index in [1.807, 2.05) is 48.5 Å². The van der Waals surface area contributed by atoms with E-state index in [1.54, 1.807) is 6.20 Å². The molecular formula is C21H21N5O. The smallest absolute Gasteiger partial charge is 0.227 e. The standard InChI is InChI=1S/C21H21N5O/c1-2-15-13-19(26-20(24-15)18-8-3-4-11-22-18)23-16-6-5-7-17(12-16)25-21(27)14-9-10-14/h3-8,11-14H,2,9-10H2,1H3,(H,25,27)(H,23,24,26). The van der Waals surface area contributed by atoms with E-state index >= 15 is 0 Å². The number of rotatable bonds is 6. The van der Waals surface area contributed by atoms with Gasteiger partial charge in [0.25, 0.3) is 0 Å². The summed E-state index contributed by atoms with van der Waals surface area (Å²) in [5.41, 5.74) is 3.32. The summed E-state index contributed by atoms with van der Waals surface area (Å²) in [6.45, 7) is 2.06. The maximum Gasteiger partial charge on any atom is 0.227 e. The van der Waals surface area contributed by atoms with Gasteiger partial charge >= 0.3 is 0 Å². The predicted octanol–water partition coefficient (Wildman–Crippen LogP) is 4.19. The number of carbonyl (C=O) groups excluding carboxylic acids is 1. The number of nitrogens with one attached hydrogen (secondary N) is 2. The first kappa shape index (κ1) is 17.1. The van der Waals surface area contributed by atoms with Crippen LogP contribution in [0.15, 0.2) is 54.7 Å². The summed E-state index contributed by atoms with van der Waals surface area (Å²) in [5.74, 6) is 1.57. The normalized spacial score (nSPS) is 13.2. The van der Waals surface area contributed by atoms with Crippen LogP contribution in [0.5, 0.6) is 0 Å². The number of nitrogens with zero attached hydrogens (tertiary/aromatic N) is 3. The Morgan fingerprint density at radius 1 is 1.07 bits per heavy atom. The van der Waals surface area contributed by atoms with Crippen molar-refractivity contribution >= 4 is 23.1 Å². The Balaban J connectivity index is 1.57. The third kappa shape index (κ3) is 4.28. The van der Waals surface area contributed by atoms with Gasteiger partial charge < -0.3 is 10.6 Å². The molecule has 1 saturated carbocycles. The number of pyridine rings is 1. The van der Waals surface area contributed by atoms with Crippen molar-refractivity contribution in [2.24, 2.45) is 5.92 Å². The SMILES string of the molecule is CCc1cc(Nc2cccc(NC(=O)C3CC3)c2)nc(-c2ccccn2)n1. The molecule has 1 amide bonds. The minimum atomic E-state index is 0.0971. The van der Waals surface area contributed by atoms with Gasteiger partial charge in [0.2, 0.25) is 5.91 Å². The van der Waals surface area contributed by atoms with Crippen LogP contribution < -0.4 is 10.6 Å². The lowest BCUT2D eigenvalue weighted by molar-refractivity contribution is -0.117. The maximum absolute atomic E-state index is 12.0. The molecule has 1 aromatic carbocycles. The molecule has 27 heavy (non-hydrogen) atoms. The molecule has 0 atom stereocenters. The minimum absolute atomic E-state index is 0.0971. The van der Waals surface area contributed by atoms with Crippen LogP contribution in [0.25, 0.3) is 11.5 Å². The lowest BCUT2D eigenvalue weighted by Crippen LogP contribution is -2.13. The van der Waals surface area contributed by atoms with Gasteiger partial charge in [-0.1, -0.05) is 19.1 Å². The lowest BCUT2D eigenvalue weighted by Gasteiger charge is -2.11. The average Bonchev–Trinajstić information content (AvgIpc) is 3.54. The molecule has 6 heteroatoms. The van der Waals surface area contributed by atoms with E-state index in [4.69, 9.17) is 0 Å². The van der Waals surface area contributed by atoms with Crippen LogP contribution in [0.2, 0.25) is 0 Å². The van der Waals surface area contributed by atoms with Gasteiger partial charge in [-0.05, 0) is 49.6 Å². The van der Waals surface area contributed by atoms with Crippen molar-refractivity contribution in [2.45, 2.75) is 26.2 Å². The Hall–Kier alpha value is -3.28. The number of benzene rings is 1. The van der Waals surface area contributed by atoms with Crippen molar-refractivity contribution in [1.82, 2.24) is 15.0 Å². The molecule has 2 aromatic heterocycles. The minimum Gasteiger partial charge on any atom is -0.340 e. The van der Waals surface area contributed by atoms with Crippen LogP contribution in [0, 0.1) is 5.92 Å². The number of aromatic nitrogens is 3. The van der Waals surface area contributed by atoms with Crippen LogP contribution in [0.4, 0.5) is 17.2 Å². The first-order valence-electron chi connectivity index (χ1n) is 9.18. The monoisotopic (exact) mass is 359 g/mol. The Labute approximate surface area is 158 Å². The Bertz CT molecular complexity index is 954. The molecule has 1 fully saturated rings. The first-order valence-corrected chi connectivity index (χ1v) is 9.18. The van der Waals surface area contributed by atoms with E-state index in [-0.39, 0.29) is 11.8 Å². The summed E-state index contributed by atoms with van der Waals surface area (Å²) in [4.78, 5) is 25.5. The summed E-state index contributed by atoms with van der Waals surface area (Å²) >= 11 is 0. The van der Waals surface area contributed by atoms with E-state index in [9.17, 15) is 4.79 Å². The van der Waals surface area contributed by atoms with Gasteiger partial charge in [-0.3, -0.25) is 9.78 Å². The fourth-order valence-corrected chi connectivity index (χ4v) is 2.76. The van der Waals surface area contributed by atoms with Crippen molar-refractivity contribution in [3.05, 3.63) is 60.4 Å². The first-order chi connectivity index (χ1) is 13.2. The molecular weight excluding hydrogens is 338 g/mol. The molecule has 0 aliphatic heterocycles. The number of anilines is 3. The zero-order valence-corrected chi connectivity index (χ0v) is 15.1. The van der Waals surface area contributed by atoms with Crippen LogP contribution in [0.3, 0.4) is 0 Å². The van der Waals surface area contributed by atoms with Crippen molar-refractivity contribution in [3.8, 4) is 11.5 Å². The quantitative estimate of drug-likeness (QED) is 0.690.